The molecule has 15 N–H and O–H groups in total. The highest BCUT2D eigenvalue weighted by molar-refractivity contribution is 6.14. The molecule has 6 rings (SSSR count). The number of phenols is 12. The molecule has 0 bridgehead atoms. The fourth-order valence-corrected chi connectivity index (χ4v) is 6.33. The van der Waals surface area contributed by atoms with Gasteiger partial charge in [0.1, 0.15) is 12.7 Å². The second kappa shape index (κ2) is 12.9. The van der Waals surface area contributed by atoms with Gasteiger partial charge in [-0.1, -0.05) is 0 Å². The second-order valence-electron chi connectivity index (χ2n) is 12.4. The molecule has 2 aliphatic rings. The maximum atomic E-state index is 14.5. The largest absolute Gasteiger partial charge is 0.504 e. The lowest BCUT2D eigenvalue weighted by Gasteiger charge is -2.52. The molecule has 5 atom stereocenters. The molecule has 0 radical (unpaired) electrons. The number of ketones is 2. The van der Waals surface area contributed by atoms with Crippen LogP contribution in [0.3, 0.4) is 0 Å². The molecule has 0 aliphatic carbocycles. The molecule has 0 aromatic heterocycles. The SMILES string of the molecule is O=C1OC[C@H]2OC(O)[C@@](O)(C(=O)c3cc(O)c(O)c(O)c3)[C@](O)(C(=O)c3cc(O)c(O)c(O)c3)[C@@H]2OC(=O)c2cc(O)c(O)c(O)c2-c2c1cc(O)c(O)c2O. The van der Waals surface area contributed by atoms with Gasteiger partial charge in [0.15, 0.2) is 69.9 Å². The quantitative estimate of drug-likeness (QED) is 0.0701. The molecule has 22 heteroatoms. The highest BCUT2D eigenvalue weighted by atomic mass is 16.7. The number of aliphatic hydroxyl groups excluding tert-OH is 1. The normalized spacial score (nSPS) is 23.4. The first kappa shape index (κ1) is 38.3. The molecule has 4 aromatic rings. The van der Waals surface area contributed by atoms with E-state index in [1.807, 2.05) is 0 Å². The number of aromatic hydroxyl groups is 12. The summed E-state index contributed by atoms with van der Waals surface area (Å²) in [5.74, 6) is -23.5. The number of fused-ring (bicyclic) bond motifs is 4. The van der Waals surface area contributed by atoms with E-state index in [0.29, 0.717) is 36.4 Å². The zero-order valence-corrected chi connectivity index (χ0v) is 27.5. The van der Waals surface area contributed by atoms with Gasteiger partial charge in [-0.05, 0) is 36.4 Å². The maximum Gasteiger partial charge on any atom is 0.339 e. The molecule has 0 spiro atoms. The highest BCUT2D eigenvalue weighted by Gasteiger charge is 2.74. The topological polar surface area (TPSA) is 399 Å². The Morgan fingerprint density at radius 1 is 0.536 bits per heavy atom. The molecular weight excluding hydrogens is 760 g/mol. The number of ether oxygens (including phenoxy) is 3. The number of carbonyl (C=O) groups excluding carboxylic acids is 4. The standard InChI is InChI=1S/C34H26O22/c35-12-1-8(2-13(36)21(12)41)27(47)33(52)29-18(55-32(51)34(33,53)28(48)9-3-14(37)22(42)15(38)4-9)7-54-30(49)10-5-16(39)23(43)25(45)19(10)20-11(31(50)56-29)6-17(40)24(44)26(20)46/h1-6,18,29,32,35-46,51-53H,7H2/t18-,29-,32?,33+,34+/m1/s1. The van der Waals surface area contributed by atoms with E-state index in [1.54, 1.807) is 0 Å². The minimum Gasteiger partial charge on any atom is -0.504 e. The second-order valence-corrected chi connectivity index (χ2v) is 12.4. The monoisotopic (exact) mass is 786 g/mol. The van der Waals surface area contributed by atoms with Crippen LogP contribution in [0.25, 0.3) is 11.1 Å². The predicted molar refractivity (Wildman–Crippen MR) is 174 cm³/mol. The molecule has 0 amide bonds. The number of phenolic OH excluding ortho intramolecular Hbond substituents is 12. The lowest BCUT2D eigenvalue weighted by Crippen LogP contribution is -2.80. The van der Waals surface area contributed by atoms with Crippen LogP contribution in [0.5, 0.6) is 69.0 Å². The minimum atomic E-state index is -4.24. The van der Waals surface area contributed by atoms with Crippen molar-refractivity contribution in [2.24, 2.45) is 0 Å². The van der Waals surface area contributed by atoms with E-state index in [2.05, 4.69) is 0 Å². The van der Waals surface area contributed by atoms with Crippen molar-refractivity contribution < 1.29 is 110 Å². The lowest BCUT2D eigenvalue weighted by molar-refractivity contribution is -0.329. The zero-order chi connectivity index (χ0) is 41.5. The molecule has 1 saturated heterocycles. The van der Waals surface area contributed by atoms with Crippen LogP contribution in [0, 0.1) is 0 Å². The zero-order valence-electron chi connectivity index (χ0n) is 27.5. The third-order valence-electron chi connectivity index (χ3n) is 9.16. The van der Waals surface area contributed by atoms with E-state index in [0.717, 1.165) is 0 Å². The fraction of sp³-hybridized carbons (Fsp3) is 0.176. The predicted octanol–water partition coefficient (Wildman–Crippen LogP) is -0.538. The highest BCUT2D eigenvalue weighted by Crippen LogP contribution is 2.54. The van der Waals surface area contributed by atoms with Gasteiger partial charge in [0, 0.05) is 22.3 Å². The molecule has 1 unspecified atom stereocenters. The van der Waals surface area contributed by atoms with Crippen LogP contribution in [0.2, 0.25) is 0 Å². The Hall–Kier alpha value is -7.40. The van der Waals surface area contributed by atoms with Gasteiger partial charge in [-0.3, -0.25) is 9.59 Å². The average molecular weight is 787 g/mol. The van der Waals surface area contributed by atoms with Gasteiger partial charge in [0.2, 0.25) is 34.3 Å². The number of hydrogen-bond donors (Lipinski definition) is 15. The molecule has 2 heterocycles. The molecule has 56 heavy (non-hydrogen) atoms. The molecule has 2 aliphatic heterocycles. The number of benzene rings is 4. The van der Waals surface area contributed by atoms with Crippen molar-refractivity contribution in [1.82, 2.24) is 0 Å². The maximum absolute atomic E-state index is 14.5. The van der Waals surface area contributed by atoms with E-state index in [4.69, 9.17) is 14.2 Å². The van der Waals surface area contributed by atoms with Crippen LogP contribution in [0.1, 0.15) is 41.4 Å². The summed E-state index contributed by atoms with van der Waals surface area (Å²) in [5.41, 5.74) is -15.1. The molecule has 0 saturated carbocycles. The third-order valence-corrected chi connectivity index (χ3v) is 9.16. The lowest BCUT2D eigenvalue weighted by atomic mass is 9.66. The van der Waals surface area contributed by atoms with Gasteiger partial charge in [-0.15, -0.1) is 0 Å². The van der Waals surface area contributed by atoms with E-state index in [9.17, 15) is 95.8 Å². The fourth-order valence-electron chi connectivity index (χ4n) is 6.33. The van der Waals surface area contributed by atoms with Crippen molar-refractivity contribution in [2.75, 3.05) is 6.61 Å². The summed E-state index contributed by atoms with van der Waals surface area (Å²) >= 11 is 0. The van der Waals surface area contributed by atoms with Gasteiger partial charge in [0.05, 0.1) is 11.1 Å². The van der Waals surface area contributed by atoms with Crippen molar-refractivity contribution in [3.8, 4) is 80.1 Å². The molecule has 4 aromatic carbocycles. The average Bonchev–Trinajstić information content (AvgIpc) is 3.16. The Labute approximate surface area is 308 Å². The number of hydrogen-bond acceptors (Lipinski definition) is 22. The van der Waals surface area contributed by atoms with Gasteiger partial charge >= 0.3 is 11.9 Å². The summed E-state index contributed by atoms with van der Waals surface area (Å²) in [7, 11) is 0. The molecule has 22 nitrogen and oxygen atoms in total. The molecule has 294 valence electrons. The van der Waals surface area contributed by atoms with Crippen LogP contribution < -0.4 is 0 Å². The van der Waals surface area contributed by atoms with Gasteiger partial charge in [0.25, 0.3) is 0 Å². The van der Waals surface area contributed by atoms with E-state index in [-0.39, 0.29) is 0 Å². The Kier molecular flexibility index (Phi) is 8.81. The smallest absolute Gasteiger partial charge is 0.339 e. The summed E-state index contributed by atoms with van der Waals surface area (Å²) < 4.78 is 15.8. The van der Waals surface area contributed by atoms with Crippen molar-refractivity contribution in [3.05, 3.63) is 58.7 Å². The molecular formula is C34H26O22. The first-order valence-electron chi connectivity index (χ1n) is 15.4. The Morgan fingerprint density at radius 2 is 0.911 bits per heavy atom. The number of esters is 2. The van der Waals surface area contributed by atoms with E-state index >= 15 is 0 Å². The summed E-state index contributed by atoms with van der Waals surface area (Å²) in [6.07, 6.45) is -8.60. The van der Waals surface area contributed by atoms with Gasteiger partial charge in [-0.25, -0.2) is 9.59 Å². The number of carbonyl (C=O) groups is 4. The summed E-state index contributed by atoms with van der Waals surface area (Å²) in [5, 5.41) is 159. The number of rotatable bonds is 4. The first-order chi connectivity index (χ1) is 26.1. The Bertz CT molecular complexity index is 2360. The van der Waals surface area contributed by atoms with Crippen LogP contribution in [-0.2, 0) is 14.2 Å². The number of Topliss-reactive ketones (excluding diaryl/α,β-unsaturated/α-hetero) is 2. The number of cyclic esters (lactones) is 1. The Balaban J connectivity index is 1.67. The summed E-state index contributed by atoms with van der Waals surface area (Å²) in [4.78, 5) is 56.4. The molecule has 1 fully saturated rings. The summed E-state index contributed by atoms with van der Waals surface area (Å²) in [6, 6.07) is 2.22. The van der Waals surface area contributed by atoms with Crippen LogP contribution >= 0.6 is 0 Å². The van der Waals surface area contributed by atoms with Crippen molar-refractivity contribution in [3.63, 3.8) is 0 Å². The Morgan fingerprint density at radius 3 is 1.34 bits per heavy atom. The summed E-state index contributed by atoms with van der Waals surface area (Å²) in [6.45, 7) is -1.39. The minimum absolute atomic E-state index is 0.326. The van der Waals surface area contributed by atoms with Crippen molar-refractivity contribution in [1.29, 1.82) is 0 Å². The van der Waals surface area contributed by atoms with Crippen LogP contribution in [0.15, 0.2) is 36.4 Å². The number of aliphatic hydroxyl groups is 3. The van der Waals surface area contributed by atoms with Crippen LogP contribution in [0.4, 0.5) is 0 Å². The van der Waals surface area contributed by atoms with Crippen molar-refractivity contribution >= 4 is 23.5 Å². The van der Waals surface area contributed by atoms with Crippen LogP contribution in [-0.4, -0.2) is 136 Å². The van der Waals surface area contributed by atoms with Gasteiger partial charge in [-0.2, -0.15) is 0 Å². The van der Waals surface area contributed by atoms with Crippen molar-refractivity contribution in [2.45, 2.75) is 29.7 Å². The third kappa shape index (κ3) is 5.35. The first-order valence-corrected chi connectivity index (χ1v) is 15.4. The van der Waals surface area contributed by atoms with E-state index < -0.39 is 162 Å². The van der Waals surface area contributed by atoms with Gasteiger partial charge < -0.3 is 90.8 Å². The van der Waals surface area contributed by atoms with E-state index in [1.165, 1.54) is 0 Å².